The zero-order valence-electron chi connectivity index (χ0n) is 9.50. The number of benzene rings is 2. The second kappa shape index (κ2) is 4.79. The van der Waals surface area contributed by atoms with Crippen molar-refractivity contribution >= 4 is 5.97 Å². The van der Waals surface area contributed by atoms with Gasteiger partial charge in [-0.15, -0.1) is 0 Å². The van der Waals surface area contributed by atoms with E-state index >= 15 is 0 Å². The highest BCUT2D eigenvalue weighted by molar-refractivity contribution is 5.80. The van der Waals surface area contributed by atoms with Crippen molar-refractivity contribution in [1.29, 1.82) is 0 Å². The minimum absolute atomic E-state index is 0.127. The summed E-state index contributed by atoms with van der Waals surface area (Å²) in [7, 11) is 0. The second-order valence-electron chi connectivity index (χ2n) is 3.94. The molecular weight excluding hydrogens is 232 g/mol. The Kier molecular flexibility index (Phi) is 3.19. The molecule has 4 nitrogen and oxygen atoms in total. The van der Waals surface area contributed by atoms with Crippen LogP contribution in [-0.2, 0) is 11.2 Å². The average Bonchev–Trinajstić information content (AvgIpc) is 2.28. The molecule has 0 saturated heterocycles. The summed E-state index contributed by atoms with van der Waals surface area (Å²) in [6.45, 7) is 0. The van der Waals surface area contributed by atoms with Crippen molar-refractivity contribution < 1.29 is 20.1 Å². The first-order valence-electron chi connectivity index (χ1n) is 5.40. The van der Waals surface area contributed by atoms with Crippen LogP contribution in [0.5, 0.6) is 11.5 Å². The second-order valence-corrected chi connectivity index (χ2v) is 3.94. The third-order valence-electron chi connectivity index (χ3n) is 2.59. The van der Waals surface area contributed by atoms with Gasteiger partial charge in [-0.25, -0.2) is 0 Å². The van der Waals surface area contributed by atoms with Gasteiger partial charge in [0.05, 0.1) is 6.42 Å². The van der Waals surface area contributed by atoms with Crippen LogP contribution in [0.1, 0.15) is 5.56 Å². The van der Waals surface area contributed by atoms with Crippen LogP contribution in [0, 0.1) is 0 Å². The van der Waals surface area contributed by atoms with Gasteiger partial charge in [-0.2, -0.15) is 0 Å². The predicted octanol–water partition coefficient (Wildman–Crippen LogP) is 2.39. The summed E-state index contributed by atoms with van der Waals surface area (Å²) in [5, 5.41) is 28.2. The van der Waals surface area contributed by atoms with Crippen LogP contribution in [0.4, 0.5) is 0 Å². The fourth-order valence-electron chi connectivity index (χ4n) is 1.91. The van der Waals surface area contributed by atoms with E-state index in [-0.39, 0.29) is 17.9 Å². The molecule has 0 amide bonds. The first-order valence-corrected chi connectivity index (χ1v) is 5.40. The van der Waals surface area contributed by atoms with Crippen LogP contribution in [0.15, 0.2) is 42.5 Å². The Morgan fingerprint density at radius 2 is 1.72 bits per heavy atom. The summed E-state index contributed by atoms with van der Waals surface area (Å²) in [5.41, 5.74) is 1.54. The number of carbonyl (C=O) groups is 1. The molecule has 0 aliphatic heterocycles. The summed E-state index contributed by atoms with van der Waals surface area (Å²) < 4.78 is 0. The molecule has 0 unspecified atom stereocenters. The molecule has 2 aromatic rings. The SMILES string of the molecule is O=C(O)Cc1cc(O)cc(O)c1-c1ccccc1. The monoisotopic (exact) mass is 244 g/mol. The van der Waals surface area contributed by atoms with Crippen LogP contribution in [-0.4, -0.2) is 21.3 Å². The van der Waals surface area contributed by atoms with Crippen molar-refractivity contribution in [2.75, 3.05) is 0 Å². The van der Waals surface area contributed by atoms with Gasteiger partial charge in [0.1, 0.15) is 11.5 Å². The average molecular weight is 244 g/mol. The lowest BCUT2D eigenvalue weighted by molar-refractivity contribution is -0.136. The summed E-state index contributed by atoms with van der Waals surface area (Å²) >= 11 is 0. The zero-order chi connectivity index (χ0) is 13.1. The molecule has 92 valence electrons. The van der Waals surface area contributed by atoms with E-state index in [2.05, 4.69) is 0 Å². The van der Waals surface area contributed by atoms with E-state index in [1.807, 2.05) is 6.07 Å². The van der Waals surface area contributed by atoms with Gasteiger partial charge < -0.3 is 15.3 Å². The Morgan fingerprint density at radius 3 is 2.33 bits per heavy atom. The maximum atomic E-state index is 10.8. The van der Waals surface area contributed by atoms with Crippen molar-refractivity contribution in [3.63, 3.8) is 0 Å². The summed E-state index contributed by atoms with van der Waals surface area (Å²) in [6.07, 6.45) is -0.258. The topological polar surface area (TPSA) is 77.8 Å². The molecule has 0 bridgehead atoms. The van der Waals surface area contributed by atoms with Crippen molar-refractivity contribution in [3.8, 4) is 22.6 Å². The van der Waals surface area contributed by atoms with E-state index in [9.17, 15) is 15.0 Å². The van der Waals surface area contributed by atoms with Gasteiger partial charge in [0.25, 0.3) is 0 Å². The highest BCUT2D eigenvalue weighted by atomic mass is 16.4. The van der Waals surface area contributed by atoms with Gasteiger partial charge >= 0.3 is 5.97 Å². The zero-order valence-corrected chi connectivity index (χ0v) is 9.50. The lowest BCUT2D eigenvalue weighted by Crippen LogP contribution is -2.02. The summed E-state index contributed by atoms with van der Waals surface area (Å²) in [4.78, 5) is 10.8. The van der Waals surface area contributed by atoms with Gasteiger partial charge in [0.15, 0.2) is 0 Å². The Bertz CT molecular complexity index is 576. The maximum absolute atomic E-state index is 10.8. The van der Waals surface area contributed by atoms with Crippen LogP contribution < -0.4 is 0 Å². The van der Waals surface area contributed by atoms with Crippen molar-refractivity contribution in [3.05, 3.63) is 48.0 Å². The lowest BCUT2D eigenvalue weighted by Gasteiger charge is -2.11. The molecule has 0 radical (unpaired) electrons. The fraction of sp³-hybridized carbons (Fsp3) is 0.0714. The quantitative estimate of drug-likeness (QED) is 0.774. The molecule has 2 rings (SSSR count). The number of carboxylic acid groups (broad SMARTS) is 1. The van der Waals surface area contributed by atoms with E-state index in [1.54, 1.807) is 24.3 Å². The molecule has 18 heavy (non-hydrogen) atoms. The van der Waals surface area contributed by atoms with Gasteiger partial charge in [-0.05, 0) is 17.2 Å². The molecule has 0 atom stereocenters. The minimum atomic E-state index is -1.02. The van der Waals surface area contributed by atoms with Crippen molar-refractivity contribution in [2.45, 2.75) is 6.42 Å². The maximum Gasteiger partial charge on any atom is 0.307 e. The predicted molar refractivity (Wildman–Crippen MR) is 66.5 cm³/mol. The van der Waals surface area contributed by atoms with Crippen molar-refractivity contribution in [1.82, 2.24) is 0 Å². The molecule has 0 aliphatic rings. The highest BCUT2D eigenvalue weighted by Gasteiger charge is 2.14. The van der Waals surface area contributed by atoms with E-state index < -0.39 is 5.97 Å². The van der Waals surface area contributed by atoms with Crippen molar-refractivity contribution in [2.24, 2.45) is 0 Å². The number of rotatable bonds is 3. The first-order chi connectivity index (χ1) is 8.58. The number of phenols is 2. The molecule has 0 aliphatic carbocycles. The number of aromatic hydroxyl groups is 2. The number of hydrogen-bond donors (Lipinski definition) is 3. The van der Waals surface area contributed by atoms with Crippen LogP contribution in [0.3, 0.4) is 0 Å². The van der Waals surface area contributed by atoms with E-state index in [4.69, 9.17) is 5.11 Å². The molecule has 2 aromatic carbocycles. The van der Waals surface area contributed by atoms with Crippen LogP contribution in [0.25, 0.3) is 11.1 Å². The lowest BCUT2D eigenvalue weighted by atomic mass is 9.96. The van der Waals surface area contributed by atoms with Crippen LogP contribution >= 0.6 is 0 Å². The number of aliphatic carboxylic acids is 1. The fourth-order valence-corrected chi connectivity index (χ4v) is 1.91. The van der Waals surface area contributed by atoms with Crippen LogP contribution in [0.2, 0.25) is 0 Å². The molecule has 0 fully saturated rings. The first kappa shape index (κ1) is 12.0. The van der Waals surface area contributed by atoms with Gasteiger partial charge in [-0.1, -0.05) is 30.3 Å². The third kappa shape index (κ3) is 2.43. The standard InChI is InChI=1S/C14H12O4/c15-11-6-10(7-13(17)18)14(12(16)8-11)9-4-2-1-3-5-9/h1-6,8,15-16H,7H2,(H,17,18). The summed E-state index contributed by atoms with van der Waals surface area (Å²) in [5.74, 6) is -1.29. The molecule has 4 heteroatoms. The van der Waals surface area contributed by atoms with E-state index in [1.165, 1.54) is 12.1 Å². The van der Waals surface area contributed by atoms with Gasteiger partial charge in [0.2, 0.25) is 0 Å². The smallest absolute Gasteiger partial charge is 0.307 e. The third-order valence-corrected chi connectivity index (χ3v) is 2.59. The largest absolute Gasteiger partial charge is 0.508 e. The van der Waals surface area contributed by atoms with E-state index in [0.717, 1.165) is 0 Å². The molecule has 0 spiro atoms. The summed E-state index contributed by atoms with van der Waals surface area (Å²) in [6, 6.07) is 11.5. The Balaban J connectivity index is 2.61. The van der Waals surface area contributed by atoms with Gasteiger partial charge in [-0.3, -0.25) is 4.79 Å². The van der Waals surface area contributed by atoms with Gasteiger partial charge in [0, 0.05) is 11.6 Å². The minimum Gasteiger partial charge on any atom is -0.508 e. The normalized spacial score (nSPS) is 10.2. The Hall–Kier alpha value is -2.49. The Labute approximate surface area is 104 Å². The van der Waals surface area contributed by atoms with E-state index in [0.29, 0.717) is 16.7 Å². The molecule has 3 N–H and O–H groups in total. The molecular formula is C14H12O4. The molecule has 0 aromatic heterocycles. The molecule has 0 heterocycles. The highest BCUT2D eigenvalue weighted by Crippen LogP contribution is 2.36. The number of hydrogen-bond acceptors (Lipinski definition) is 3. The molecule has 0 saturated carbocycles. The Morgan fingerprint density at radius 1 is 1.06 bits per heavy atom. The number of carboxylic acids is 1. The number of phenolic OH excluding ortho intramolecular Hbond substituents is 2.